The van der Waals surface area contributed by atoms with Crippen LogP contribution in [0.2, 0.25) is 5.02 Å². The van der Waals surface area contributed by atoms with E-state index in [2.05, 4.69) is 5.10 Å². The van der Waals surface area contributed by atoms with Crippen molar-refractivity contribution in [2.24, 2.45) is 5.73 Å². The van der Waals surface area contributed by atoms with Gasteiger partial charge in [-0.3, -0.25) is 4.79 Å². The van der Waals surface area contributed by atoms with Gasteiger partial charge in [0.2, 0.25) is 0 Å². The zero-order valence-electron chi connectivity index (χ0n) is 19.8. The molecule has 4 rings (SSSR count). The van der Waals surface area contributed by atoms with Gasteiger partial charge in [-0.2, -0.15) is 5.10 Å². The molecule has 186 valence electrons. The molecule has 9 heteroatoms. The van der Waals surface area contributed by atoms with Gasteiger partial charge in [0.05, 0.1) is 22.7 Å². The van der Waals surface area contributed by atoms with Crippen LogP contribution in [0, 0.1) is 12.7 Å². The normalized spacial score (nSPS) is 12.5. The molecule has 0 aliphatic heterocycles. The standard InChI is InChI=1S/C27H25ClFN3O3S/c1-17-24(15-20-22(29)13-8-14-25(20)36(2,34)35)31-32(16-23(30)18-9-4-3-5-10-18)27(33)26(17)19-11-6-7-12-21(19)28/h3-14,23H,15-16,30H2,1-2H3. The molecule has 2 N–H and O–H groups in total. The van der Waals surface area contributed by atoms with Crippen molar-refractivity contribution in [2.75, 3.05) is 6.26 Å². The van der Waals surface area contributed by atoms with Gasteiger partial charge in [-0.1, -0.05) is 66.2 Å². The highest BCUT2D eigenvalue weighted by Crippen LogP contribution is 2.30. The minimum Gasteiger partial charge on any atom is -0.322 e. The second kappa shape index (κ2) is 10.3. The van der Waals surface area contributed by atoms with Crippen molar-refractivity contribution >= 4 is 21.4 Å². The Hall–Kier alpha value is -3.33. The van der Waals surface area contributed by atoms with Crippen molar-refractivity contribution in [3.63, 3.8) is 0 Å². The zero-order chi connectivity index (χ0) is 26.0. The van der Waals surface area contributed by atoms with E-state index in [9.17, 15) is 17.6 Å². The van der Waals surface area contributed by atoms with Crippen LogP contribution in [-0.2, 0) is 22.8 Å². The number of benzene rings is 3. The van der Waals surface area contributed by atoms with Gasteiger partial charge in [-0.15, -0.1) is 0 Å². The quantitative estimate of drug-likeness (QED) is 0.377. The zero-order valence-corrected chi connectivity index (χ0v) is 21.4. The molecule has 6 nitrogen and oxygen atoms in total. The maximum Gasteiger partial charge on any atom is 0.275 e. The van der Waals surface area contributed by atoms with Crippen LogP contribution in [0.4, 0.5) is 4.39 Å². The van der Waals surface area contributed by atoms with Crippen molar-refractivity contribution in [1.82, 2.24) is 9.78 Å². The molecule has 0 spiro atoms. The second-order valence-electron chi connectivity index (χ2n) is 8.60. The minimum absolute atomic E-state index is 0.0155. The summed E-state index contributed by atoms with van der Waals surface area (Å²) >= 11 is 6.45. The Labute approximate surface area is 214 Å². The van der Waals surface area contributed by atoms with Gasteiger partial charge in [0.15, 0.2) is 9.84 Å². The van der Waals surface area contributed by atoms with E-state index in [0.717, 1.165) is 11.8 Å². The Morgan fingerprint density at radius 2 is 1.69 bits per heavy atom. The number of hydrogen-bond donors (Lipinski definition) is 1. The van der Waals surface area contributed by atoms with Crippen molar-refractivity contribution in [1.29, 1.82) is 0 Å². The van der Waals surface area contributed by atoms with E-state index >= 15 is 0 Å². The molecule has 0 saturated carbocycles. The van der Waals surface area contributed by atoms with Gasteiger partial charge in [-0.05, 0) is 36.2 Å². The van der Waals surface area contributed by atoms with E-state index in [0.29, 0.717) is 27.4 Å². The number of hydrogen-bond acceptors (Lipinski definition) is 5. The molecule has 0 radical (unpaired) electrons. The lowest BCUT2D eigenvalue weighted by Gasteiger charge is -2.19. The molecular weight excluding hydrogens is 501 g/mol. The number of halogens is 2. The number of rotatable bonds is 7. The van der Waals surface area contributed by atoms with E-state index in [1.807, 2.05) is 30.3 Å². The molecule has 0 aliphatic rings. The molecule has 3 aromatic carbocycles. The highest BCUT2D eigenvalue weighted by molar-refractivity contribution is 7.90. The Morgan fingerprint density at radius 3 is 2.36 bits per heavy atom. The van der Waals surface area contributed by atoms with Crippen LogP contribution in [0.5, 0.6) is 0 Å². The van der Waals surface area contributed by atoms with Gasteiger partial charge in [-0.25, -0.2) is 17.5 Å². The highest BCUT2D eigenvalue weighted by Gasteiger charge is 2.23. The summed E-state index contributed by atoms with van der Waals surface area (Å²) in [6, 6.07) is 19.6. The van der Waals surface area contributed by atoms with E-state index in [-0.39, 0.29) is 23.4 Å². The molecule has 1 aromatic heterocycles. The summed E-state index contributed by atoms with van der Waals surface area (Å²) in [5.41, 5.74) is 8.45. The molecule has 0 bridgehead atoms. The van der Waals surface area contributed by atoms with Gasteiger partial charge in [0, 0.05) is 34.9 Å². The molecule has 1 atom stereocenters. The van der Waals surface area contributed by atoms with Crippen molar-refractivity contribution in [2.45, 2.75) is 30.8 Å². The third-order valence-corrected chi connectivity index (χ3v) is 7.57. The molecule has 0 fully saturated rings. The van der Waals surface area contributed by atoms with Crippen LogP contribution in [0.1, 0.15) is 28.4 Å². The summed E-state index contributed by atoms with van der Waals surface area (Å²) in [6.07, 6.45) is 0.889. The smallest absolute Gasteiger partial charge is 0.275 e. The van der Waals surface area contributed by atoms with Gasteiger partial charge in [0.25, 0.3) is 5.56 Å². The first-order valence-electron chi connectivity index (χ1n) is 11.2. The van der Waals surface area contributed by atoms with Crippen LogP contribution in [0.3, 0.4) is 0 Å². The van der Waals surface area contributed by atoms with Crippen LogP contribution in [0.25, 0.3) is 11.1 Å². The second-order valence-corrected chi connectivity index (χ2v) is 11.0. The van der Waals surface area contributed by atoms with Crippen molar-refractivity contribution in [3.8, 4) is 11.1 Å². The fourth-order valence-corrected chi connectivity index (χ4v) is 5.36. The fourth-order valence-electron chi connectivity index (χ4n) is 4.19. The largest absolute Gasteiger partial charge is 0.322 e. The molecule has 4 aromatic rings. The third-order valence-electron chi connectivity index (χ3n) is 6.06. The first-order chi connectivity index (χ1) is 17.1. The van der Waals surface area contributed by atoms with Crippen molar-refractivity contribution in [3.05, 3.63) is 116 Å². The van der Waals surface area contributed by atoms with Crippen molar-refractivity contribution < 1.29 is 12.8 Å². The molecule has 36 heavy (non-hydrogen) atoms. The molecule has 0 saturated heterocycles. The first-order valence-corrected chi connectivity index (χ1v) is 13.5. The van der Waals surface area contributed by atoms with E-state index in [4.69, 9.17) is 17.3 Å². The highest BCUT2D eigenvalue weighted by atomic mass is 35.5. The summed E-state index contributed by atoms with van der Waals surface area (Å²) < 4.78 is 40.9. The molecule has 1 unspecified atom stereocenters. The number of nitrogens with zero attached hydrogens (tertiary/aromatic N) is 2. The van der Waals surface area contributed by atoms with Gasteiger partial charge < -0.3 is 5.73 Å². The average Bonchev–Trinajstić information content (AvgIpc) is 2.84. The van der Waals surface area contributed by atoms with E-state index in [1.165, 1.54) is 22.9 Å². The molecule has 0 aliphatic carbocycles. The minimum atomic E-state index is -3.71. The number of sulfone groups is 1. The van der Waals surface area contributed by atoms with Crippen LogP contribution in [0.15, 0.2) is 82.5 Å². The Bertz CT molecular complexity index is 1590. The lowest BCUT2D eigenvalue weighted by Crippen LogP contribution is -2.32. The lowest BCUT2D eigenvalue weighted by atomic mass is 9.97. The van der Waals surface area contributed by atoms with Crippen LogP contribution < -0.4 is 11.3 Å². The first kappa shape index (κ1) is 25.8. The SMILES string of the molecule is Cc1c(Cc2c(F)cccc2S(C)(=O)=O)nn(CC(N)c2ccccc2)c(=O)c1-c1ccccc1Cl. The summed E-state index contributed by atoms with van der Waals surface area (Å²) in [7, 11) is -3.71. The Balaban J connectivity index is 1.92. The Morgan fingerprint density at radius 1 is 1.03 bits per heavy atom. The number of nitrogens with two attached hydrogens (primary N) is 1. The lowest BCUT2D eigenvalue weighted by molar-refractivity contribution is 0.496. The van der Waals surface area contributed by atoms with Gasteiger partial charge >= 0.3 is 0 Å². The maximum absolute atomic E-state index is 14.9. The molecule has 1 heterocycles. The monoisotopic (exact) mass is 525 g/mol. The fraction of sp³-hybridized carbons (Fsp3) is 0.185. The molecule has 0 amide bonds. The molecular formula is C27H25ClFN3O3S. The average molecular weight is 526 g/mol. The third kappa shape index (κ3) is 5.26. The summed E-state index contributed by atoms with van der Waals surface area (Å²) in [5, 5.41) is 4.90. The number of aromatic nitrogens is 2. The van der Waals surface area contributed by atoms with E-state index in [1.54, 1.807) is 31.2 Å². The predicted molar refractivity (Wildman–Crippen MR) is 139 cm³/mol. The maximum atomic E-state index is 14.9. The Kier molecular flexibility index (Phi) is 7.40. The topological polar surface area (TPSA) is 95.1 Å². The summed E-state index contributed by atoms with van der Waals surface area (Å²) in [5.74, 6) is -0.669. The predicted octanol–water partition coefficient (Wildman–Crippen LogP) is 4.71. The van der Waals surface area contributed by atoms with Crippen LogP contribution >= 0.6 is 11.6 Å². The van der Waals surface area contributed by atoms with Gasteiger partial charge in [0.1, 0.15) is 5.82 Å². The summed E-state index contributed by atoms with van der Waals surface area (Å²) in [6.45, 7) is 1.76. The summed E-state index contributed by atoms with van der Waals surface area (Å²) in [4.78, 5) is 13.5. The van der Waals surface area contributed by atoms with E-state index < -0.39 is 27.3 Å². The van der Waals surface area contributed by atoms with Crippen LogP contribution in [-0.4, -0.2) is 24.5 Å².